The second-order valence-corrected chi connectivity index (χ2v) is 11.2. The number of carbonyl (C=O) groups is 2. The lowest BCUT2D eigenvalue weighted by atomic mass is 9.82. The molecule has 0 spiro atoms. The van der Waals surface area contributed by atoms with Crippen molar-refractivity contribution in [2.45, 2.75) is 38.1 Å². The van der Waals surface area contributed by atoms with E-state index in [2.05, 4.69) is 10.3 Å². The molecule has 1 aliphatic carbocycles. The van der Waals surface area contributed by atoms with Gasteiger partial charge in [-0.05, 0) is 77.8 Å². The highest BCUT2D eigenvalue weighted by Crippen LogP contribution is 2.38. The van der Waals surface area contributed by atoms with Crippen LogP contribution in [0.3, 0.4) is 0 Å². The molecule has 1 amide bonds. The van der Waals surface area contributed by atoms with Crippen molar-refractivity contribution in [3.05, 3.63) is 81.4 Å². The van der Waals surface area contributed by atoms with E-state index in [9.17, 15) is 14.7 Å². The van der Waals surface area contributed by atoms with Gasteiger partial charge in [-0.25, -0.2) is 4.68 Å². The van der Waals surface area contributed by atoms with E-state index in [1.807, 2.05) is 30.3 Å². The Labute approximate surface area is 242 Å². The summed E-state index contributed by atoms with van der Waals surface area (Å²) in [5.41, 5.74) is 5.60. The molecule has 212 valence electrons. The van der Waals surface area contributed by atoms with Crippen LogP contribution in [0.2, 0.25) is 5.02 Å². The van der Waals surface area contributed by atoms with Crippen molar-refractivity contribution in [3.63, 3.8) is 0 Å². The van der Waals surface area contributed by atoms with Crippen LogP contribution in [-0.2, 0) is 24.8 Å². The van der Waals surface area contributed by atoms with Crippen molar-refractivity contribution in [2.75, 3.05) is 20.3 Å². The molecule has 1 fully saturated rings. The van der Waals surface area contributed by atoms with Gasteiger partial charge in [0.25, 0.3) is 5.91 Å². The summed E-state index contributed by atoms with van der Waals surface area (Å²) < 4.78 is 13.1. The smallest absolute Gasteiger partial charge is 0.304 e. The number of ether oxygens (including phenoxy) is 2. The quantitative estimate of drug-likeness (QED) is 0.292. The highest BCUT2D eigenvalue weighted by molar-refractivity contribution is 6.34. The van der Waals surface area contributed by atoms with Gasteiger partial charge < -0.3 is 19.5 Å². The van der Waals surface area contributed by atoms with Gasteiger partial charge in [-0.3, -0.25) is 9.59 Å². The maximum atomic E-state index is 13.5. The second kappa shape index (κ2) is 11.0. The van der Waals surface area contributed by atoms with Crippen LogP contribution in [0.15, 0.2) is 48.5 Å². The van der Waals surface area contributed by atoms with Crippen molar-refractivity contribution in [3.8, 4) is 11.5 Å². The number of amides is 1. The van der Waals surface area contributed by atoms with E-state index >= 15 is 0 Å². The van der Waals surface area contributed by atoms with Crippen molar-refractivity contribution < 1.29 is 24.2 Å². The Morgan fingerprint density at radius 1 is 1.17 bits per heavy atom. The first-order valence-electron chi connectivity index (χ1n) is 13.7. The molecule has 2 heterocycles. The average molecular weight is 575 g/mol. The minimum Gasteiger partial charge on any atom is -0.494 e. The summed E-state index contributed by atoms with van der Waals surface area (Å²) in [6, 6.07) is 14.9. The number of fused-ring (bicyclic) bond motifs is 2. The minimum absolute atomic E-state index is 0.0984. The third kappa shape index (κ3) is 5.46. The van der Waals surface area contributed by atoms with E-state index < -0.39 is 11.9 Å². The Kier molecular flexibility index (Phi) is 7.30. The number of benzene rings is 3. The predicted octanol–water partition coefficient (Wildman–Crippen LogP) is 5.22. The maximum absolute atomic E-state index is 13.5. The third-order valence-electron chi connectivity index (χ3n) is 8.01. The number of aromatic nitrogens is 3. The Morgan fingerprint density at radius 2 is 2.00 bits per heavy atom. The Morgan fingerprint density at radius 3 is 2.73 bits per heavy atom. The molecular formula is C31H31ClN4O5. The molecular weight excluding hydrogens is 544 g/mol. The number of aliphatic carboxylic acids is 1. The molecule has 1 aromatic heterocycles. The van der Waals surface area contributed by atoms with E-state index in [0.29, 0.717) is 59.6 Å². The van der Waals surface area contributed by atoms with Gasteiger partial charge in [-0.1, -0.05) is 35.0 Å². The summed E-state index contributed by atoms with van der Waals surface area (Å²) in [6.45, 7) is 1.58. The lowest BCUT2D eigenvalue weighted by Crippen LogP contribution is -2.36. The highest BCUT2D eigenvalue weighted by atomic mass is 35.5. The van der Waals surface area contributed by atoms with Crippen LogP contribution < -0.4 is 9.47 Å². The number of aryl methyl sites for hydroxylation is 1. The SMILES string of the molecule is COc1cc([C@@H](CC(=O)O)c2cccc3c2CCN(C(=O)c2ccc(OCC4CC4)cc2Cl)C3)cc2nnn(C)c12. The molecule has 1 atom stereocenters. The van der Waals surface area contributed by atoms with E-state index in [0.717, 1.165) is 27.8 Å². The number of carboxylic acids is 1. The molecule has 10 heteroatoms. The van der Waals surface area contributed by atoms with Crippen LogP contribution in [0.5, 0.6) is 11.5 Å². The first kappa shape index (κ1) is 27.1. The van der Waals surface area contributed by atoms with Crippen molar-refractivity contribution in [1.29, 1.82) is 0 Å². The molecule has 41 heavy (non-hydrogen) atoms. The van der Waals surface area contributed by atoms with Crippen LogP contribution in [0.25, 0.3) is 11.0 Å². The summed E-state index contributed by atoms with van der Waals surface area (Å²) in [4.78, 5) is 27.3. The lowest BCUT2D eigenvalue weighted by Gasteiger charge is -2.32. The Balaban J connectivity index is 1.28. The van der Waals surface area contributed by atoms with Crippen LogP contribution in [0.4, 0.5) is 0 Å². The van der Waals surface area contributed by atoms with Gasteiger partial charge in [0.1, 0.15) is 22.5 Å². The summed E-state index contributed by atoms with van der Waals surface area (Å²) in [6.07, 6.45) is 2.90. The zero-order valence-corrected chi connectivity index (χ0v) is 23.7. The number of hydrogen-bond acceptors (Lipinski definition) is 6. The number of halogens is 1. The van der Waals surface area contributed by atoms with Crippen LogP contribution >= 0.6 is 11.6 Å². The molecule has 4 aromatic rings. The van der Waals surface area contributed by atoms with E-state index in [4.69, 9.17) is 21.1 Å². The van der Waals surface area contributed by atoms with Crippen LogP contribution in [-0.4, -0.2) is 57.1 Å². The summed E-state index contributed by atoms with van der Waals surface area (Å²) in [5, 5.41) is 18.6. The van der Waals surface area contributed by atoms with Crippen molar-refractivity contribution >= 4 is 34.5 Å². The first-order valence-corrected chi connectivity index (χ1v) is 14.1. The first-order chi connectivity index (χ1) is 19.8. The van der Waals surface area contributed by atoms with E-state index in [1.54, 1.807) is 41.9 Å². The molecule has 1 aliphatic heterocycles. The summed E-state index contributed by atoms with van der Waals surface area (Å²) in [5.74, 6) is 0.413. The van der Waals surface area contributed by atoms with E-state index in [1.165, 1.54) is 12.8 Å². The number of nitrogens with zero attached hydrogens (tertiary/aromatic N) is 4. The highest BCUT2D eigenvalue weighted by Gasteiger charge is 2.29. The topological polar surface area (TPSA) is 107 Å². The molecule has 2 aliphatic rings. The predicted molar refractivity (Wildman–Crippen MR) is 154 cm³/mol. The molecule has 0 saturated heterocycles. The fourth-order valence-corrected chi connectivity index (χ4v) is 5.93. The van der Waals surface area contributed by atoms with Gasteiger partial charge in [0.05, 0.1) is 30.7 Å². The zero-order chi connectivity index (χ0) is 28.7. The second-order valence-electron chi connectivity index (χ2n) is 10.8. The number of carboxylic acid groups (broad SMARTS) is 1. The number of hydrogen-bond donors (Lipinski definition) is 1. The lowest BCUT2D eigenvalue weighted by molar-refractivity contribution is -0.137. The monoisotopic (exact) mass is 574 g/mol. The molecule has 6 rings (SSSR count). The average Bonchev–Trinajstić information content (AvgIpc) is 3.73. The van der Waals surface area contributed by atoms with Gasteiger partial charge in [0, 0.05) is 26.1 Å². The summed E-state index contributed by atoms with van der Waals surface area (Å²) >= 11 is 6.52. The van der Waals surface area contributed by atoms with Gasteiger partial charge >= 0.3 is 5.97 Å². The number of carbonyl (C=O) groups excluding carboxylic acids is 1. The van der Waals surface area contributed by atoms with Gasteiger partial charge in [-0.15, -0.1) is 5.10 Å². The molecule has 0 bridgehead atoms. The van der Waals surface area contributed by atoms with E-state index in [-0.39, 0.29) is 12.3 Å². The Bertz CT molecular complexity index is 1650. The van der Waals surface area contributed by atoms with Gasteiger partial charge in [-0.2, -0.15) is 0 Å². The molecule has 9 nitrogen and oxygen atoms in total. The fraction of sp³-hybridized carbons (Fsp3) is 0.355. The standard InChI is InChI=1S/C31H31ClN4O5/c1-35-30-27(33-34-35)12-20(13-28(30)40-2)25(15-29(37)38)23-5-3-4-19-16-36(11-10-22(19)23)31(39)24-9-8-21(14-26(24)32)41-17-18-6-7-18/h3-5,8-9,12-14,18,25H,6-7,10-11,15-17H2,1-2H3,(H,37,38)/t25-/m1/s1. The minimum atomic E-state index is -0.905. The largest absolute Gasteiger partial charge is 0.494 e. The fourth-order valence-electron chi connectivity index (χ4n) is 5.68. The molecule has 3 aromatic carbocycles. The molecule has 1 N–H and O–H groups in total. The molecule has 0 unspecified atom stereocenters. The van der Waals surface area contributed by atoms with Crippen LogP contribution in [0, 0.1) is 5.92 Å². The summed E-state index contributed by atoms with van der Waals surface area (Å²) in [7, 11) is 3.37. The maximum Gasteiger partial charge on any atom is 0.304 e. The van der Waals surface area contributed by atoms with Gasteiger partial charge in [0.15, 0.2) is 0 Å². The number of methoxy groups -OCH3 is 1. The molecule has 0 radical (unpaired) electrons. The van der Waals surface area contributed by atoms with Crippen molar-refractivity contribution in [2.24, 2.45) is 13.0 Å². The Hall–Kier alpha value is -4.11. The normalized spacial score (nSPS) is 15.4. The number of rotatable bonds is 9. The van der Waals surface area contributed by atoms with Gasteiger partial charge in [0.2, 0.25) is 0 Å². The van der Waals surface area contributed by atoms with Crippen LogP contribution in [0.1, 0.15) is 57.8 Å². The molecule has 1 saturated carbocycles. The zero-order valence-electron chi connectivity index (χ0n) is 23.0. The third-order valence-corrected chi connectivity index (χ3v) is 8.32. The van der Waals surface area contributed by atoms with Crippen molar-refractivity contribution in [1.82, 2.24) is 19.9 Å².